The monoisotopic (exact) mass is 267 g/mol. The maximum absolute atomic E-state index is 12.2. The first-order chi connectivity index (χ1) is 9.15. The summed E-state index contributed by atoms with van der Waals surface area (Å²) in [6.45, 7) is 9.46. The van der Waals surface area contributed by atoms with Crippen LogP contribution in [-0.2, 0) is 0 Å². The summed E-state index contributed by atoms with van der Waals surface area (Å²) in [6, 6.07) is 0.589. The average molecular weight is 267 g/mol. The van der Waals surface area contributed by atoms with Gasteiger partial charge in [-0.3, -0.25) is 4.90 Å². The minimum absolute atomic E-state index is 0.163. The lowest BCUT2D eigenvalue weighted by Gasteiger charge is -2.36. The number of nitrogens with one attached hydrogen (secondary N) is 1. The summed E-state index contributed by atoms with van der Waals surface area (Å²) in [7, 11) is 0. The van der Waals surface area contributed by atoms with Gasteiger partial charge in [-0.15, -0.1) is 0 Å². The van der Waals surface area contributed by atoms with Gasteiger partial charge in [-0.25, -0.2) is 4.79 Å². The van der Waals surface area contributed by atoms with Crippen LogP contribution < -0.4 is 5.32 Å². The number of urea groups is 1. The minimum Gasteiger partial charge on any atom is -0.335 e. The van der Waals surface area contributed by atoms with Gasteiger partial charge >= 0.3 is 6.03 Å². The van der Waals surface area contributed by atoms with Gasteiger partial charge in [-0.2, -0.15) is 0 Å². The van der Waals surface area contributed by atoms with Crippen molar-refractivity contribution in [3.63, 3.8) is 0 Å². The molecule has 0 bridgehead atoms. The van der Waals surface area contributed by atoms with Crippen molar-refractivity contribution < 1.29 is 4.79 Å². The minimum atomic E-state index is 0.163. The van der Waals surface area contributed by atoms with Crippen LogP contribution in [-0.4, -0.2) is 54.6 Å². The summed E-state index contributed by atoms with van der Waals surface area (Å²) in [5.74, 6) is 0.711. The highest BCUT2D eigenvalue weighted by Crippen LogP contribution is 2.17. The second-order valence-electron chi connectivity index (χ2n) is 6.47. The molecule has 1 saturated carbocycles. The third-order valence-electron chi connectivity index (χ3n) is 4.22. The normalized spacial score (nSPS) is 22.8. The number of carbonyl (C=O) groups excluding carboxylic acids is 1. The molecular formula is C15H29N3O. The number of hydrogen-bond acceptors (Lipinski definition) is 2. The molecule has 1 aliphatic heterocycles. The Morgan fingerprint density at radius 2 is 1.74 bits per heavy atom. The summed E-state index contributed by atoms with van der Waals surface area (Å²) < 4.78 is 0. The third kappa shape index (κ3) is 4.68. The number of hydrogen-bond donors (Lipinski definition) is 1. The van der Waals surface area contributed by atoms with Crippen molar-refractivity contribution in [3.8, 4) is 0 Å². The Balaban J connectivity index is 1.69. The van der Waals surface area contributed by atoms with Crippen molar-refractivity contribution in [2.24, 2.45) is 5.92 Å². The first-order valence-electron chi connectivity index (χ1n) is 7.93. The zero-order valence-electron chi connectivity index (χ0n) is 12.5. The van der Waals surface area contributed by atoms with Gasteiger partial charge in [0, 0.05) is 38.8 Å². The molecule has 0 aromatic heterocycles. The maximum atomic E-state index is 12.2. The number of nitrogens with zero attached hydrogens (tertiary/aromatic N) is 2. The van der Waals surface area contributed by atoms with Gasteiger partial charge in [0.05, 0.1) is 0 Å². The Labute approximate surface area is 117 Å². The molecule has 1 N–H and O–H groups in total. The van der Waals surface area contributed by atoms with Crippen molar-refractivity contribution in [3.05, 3.63) is 0 Å². The van der Waals surface area contributed by atoms with Crippen LogP contribution in [0.4, 0.5) is 4.79 Å². The van der Waals surface area contributed by atoms with E-state index in [4.69, 9.17) is 0 Å². The van der Waals surface area contributed by atoms with E-state index in [2.05, 4.69) is 24.1 Å². The highest BCUT2D eigenvalue weighted by atomic mass is 16.2. The highest BCUT2D eigenvalue weighted by Gasteiger charge is 2.23. The second-order valence-corrected chi connectivity index (χ2v) is 6.47. The molecule has 19 heavy (non-hydrogen) atoms. The molecule has 4 nitrogen and oxygen atoms in total. The molecule has 110 valence electrons. The fourth-order valence-electron chi connectivity index (χ4n) is 3.16. The molecule has 4 heteroatoms. The summed E-state index contributed by atoms with van der Waals surface area (Å²) in [6.07, 6.45) is 6.21. The standard InChI is InChI=1S/C15H29N3O/c1-13(2)12-17-8-10-18(11-9-17)15(19)16-14-6-4-3-5-7-14/h13-14H,3-12H2,1-2H3,(H,16,19). The SMILES string of the molecule is CC(C)CN1CCN(C(=O)NC2CCCCC2)CC1. The first kappa shape index (κ1) is 14.6. The van der Waals surface area contributed by atoms with Crippen LogP contribution in [0, 0.1) is 5.92 Å². The fourth-order valence-corrected chi connectivity index (χ4v) is 3.16. The molecule has 0 aromatic rings. The Morgan fingerprint density at radius 3 is 2.32 bits per heavy atom. The summed E-state index contributed by atoms with van der Waals surface area (Å²) >= 11 is 0. The number of amides is 2. The predicted octanol–water partition coefficient (Wildman–Crippen LogP) is 2.30. The Morgan fingerprint density at radius 1 is 1.11 bits per heavy atom. The molecule has 2 fully saturated rings. The van der Waals surface area contributed by atoms with Crippen LogP contribution in [0.2, 0.25) is 0 Å². The molecule has 2 rings (SSSR count). The van der Waals surface area contributed by atoms with Crippen LogP contribution in [0.3, 0.4) is 0 Å². The average Bonchev–Trinajstić information content (AvgIpc) is 2.40. The molecular weight excluding hydrogens is 238 g/mol. The quantitative estimate of drug-likeness (QED) is 0.851. The molecule has 0 radical (unpaired) electrons. The highest BCUT2D eigenvalue weighted by molar-refractivity contribution is 5.74. The van der Waals surface area contributed by atoms with E-state index in [1.54, 1.807) is 0 Å². The molecule has 0 atom stereocenters. The van der Waals surface area contributed by atoms with Crippen LogP contribution in [0.15, 0.2) is 0 Å². The zero-order valence-corrected chi connectivity index (χ0v) is 12.5. The molecule has 2 amide bonds. The smallest absolute Gasteiger partial charge is 0.317 e. The van der Waals surface area contributed by atoms with Gasteiger partial charge in [0.25, 0.3) is 0 Å². The van der Waals surface area contributed by atoms with Gasteiger partial charge in [0.15, 0.2) is 0 Å². The second kappa shape index (κ2) is 7.13. The van der Waals surface area contributed by atoms with Crippen LogP contribution in [0.5, 0.6) is 0 Å². The van der Waals surface area contributed by atoms with Crippen molar-refractivity contribution in [1.29, 1.82) is 0 Å². The van der Waals surface area contributed by atoms with E-state index < -0.39 is 0 Å². The molecule has 1 heterocycles. The van der Waals surface area contributed by atoms with E-state index in [1.165, 1.54) is 32.1 Å². The van der Waals surface area contributed by atoms with E-state index >= 15 is 0 Å². The fraction of sp³-hybridized carbons (Fsp3) is 0.933. The van der Waals surface area contributed by atoms with Crippen molar-refractivity contribution >= 4 is 6.03 Å². The first-order valence-corrected chi connectivity index (χ1v) is 7.93. The zero-order chi connectivity index (χ0) is 13.7. The Bertz CT molecular complexity index is 279. The van der Waals surface area contributed by atoms with Crippen molar-refractivity contribution in [2.75, 3.05) is 32.7 Å². The summed E-state index contributed by atoms with van der Waals surface area (Å²) in [4.78, 5) is 16.7. The third-order valence-corrected chi connectivity index (χ3v) is 4.22. The molecule has 1 aliphatic carbocycles. The maximum Gasteiger partial charge on any atom is 0.317 e. The van der Waals surface area contributed by atoms with Gasteiger partial charge < -0.3 is 10.2 Å². The predicted molar refractivity (Wildman–Crippen MR) is 78.3 cm³/mol. The Kier molecular flexibility index (Phi) is 5.49. The summed E-state index contributed by atoms with van der Waals surface area (Å²) in [5, 5.41) is 3.21. The van der Waals surface area contributed by atoms with E-state index in [1.807, 2.05) is 4.90 Å². The topological polar surface area (TPSA) is 35.6 Å². The van der Waals surface area contributed by atoms with Crippen LogP contribution >= 0.6 is 0 Å². The van der Waals surface area contributed by atoms with Gasteiger partial charge in [-0.05, 0) is 18.8 Å². The van der Waals surface area contributed by atoms with Gasteiger partial charge in [-0.1, -0.05) is 33.1 Å². The van der Waals surface area contributed by atoms with E-state index in [0.717, 1.165) is 32.7 Å². The van der Waals surface area contributed by atoms with Crippen molar-refractivity contribution in [2.45, 2.75) is 52.0 Å². The molecule has 1 saturated heterocycles. The summed E-state index contributed by atoms with van der Waals surface area (Å²) in [5.41, 5.74) is 0. The van der Waals surface area contributed by atoms with E-state index in [0.29, 0.717) is 12.0 Å². The largest absolute Gasteiger partial charge is 0.335 e. The Hall–Kier alpha value is -0.770. The number of piperazine rings is 1. The van der Waals surface area contributed by atoms with Crippen LogP contribution in [0.25, 0.3) is 0 Å². The van der Waals surface area contributed by atoms with Crippen molar-refractivity contribution in [1.82, 2.24) is 15.1 Å². The lowest BCUT2D eigenvalue weighted by molar-refractivity contribution is 0.128. The van der Waals surface area contributed by atoms with Gasteiger partial charge in [0.2, 0.25) is 0 Å². The molecule has 0 aromatic carbocycles. The van der Waals surface area contributed by atoms with Crippen LogP contribution in [0.1, 0.15) is 46.0 Å². The lowest BCUT2D eigenvalue weighted by atomic mass is 9.96. The van der Waals surface area contributed by atoms with Gasteiger partial charge in [0.1, 0.15) is 0 Å². The number of rotatable bonds is 3. The lowest BCUT2D eigenvalue weighted by Crippen LogP contribution is -2.54. The van der Waals surface area contributed by atoms with E-state index in [9.17, 15) is 4.79 Å². The molecule has 0 spiro atoms. The molecule has 0 unspecified atom stereocenters. The van der Waals surface area contributed by atoms with E-state index in [-0.39, 0.29) is 6.03 Å². The number of carbonyl (C=O) groups is 1. The molecule has 2 aliphatic rings.